The van der Waals surface area contributed by atoms with Crippen molar-refractivity contribution in [3.05, 3.63) is 0 Å². The number of urea groups is 1. The Morgan fingerprint density at radius 1 is 1.37 bits per heavy atom. The van der Waals surface area contributed by atoms with Crippen molar-refractivity contribution in [2.45, 2.75) is 46.6 Å². The van der Waals surface area contributed by atoms with Gasteiger partial charge in [0.05, 0.1) is 6.42 Å². The number of hydrogen-bond acceptors (Lipinski definition) is 2. The first kappa shape index (κ1) is 15.8. The molecule has 0 saturated carbocycles. The molecule has 19 heavy (non-hydrogen) atoms. The number of piperidine rings is 1. The molecule has 1 rings (SSSR count). The maximum absolute atomic E-state index is 12.5. The molecule has 1 saturated heterocycles. The van der Waals surface area contributed by atoms with Gasteiger partial charge >= 0.3 is 12.0 Å². The van der Waals surface area contributed by atoms with Gasteiger partial charge in [-0.2, -0.15) is 0 Å². The monoisotopic (exact) mass is 270 g/mol. The summed E-state index contributed by atoms with van der Waals surface area (Å²) in [5.41, 5.74) is 0. The zero-order chi connectivity index (χ0) is 14.6. The summed E-state index contributed by atoms with van der Waals surface area (Å²) >= 11 is 0. The van der Waals surface area contributed by atoms with Crippen LogP contribution in [0.4, 0.5) is 4.79 Å². The third-order valence-electron chi connectivity index (χ3n) is 4.19. The molecular weight excluding hydrogens is 244 g/mol. The smallest absolute Gasteiger partial charge is 0.320 e. The second kappa shape index (κ2) is 6.78. The number of carbonyl (C=O) groups excluding carboxylic acids is 1. The second-order valence-corrected chi connectivity index (χ2v) is 5.70. The van der Waals surface area contributed by atoms with Crippen LogP contribution in [0, 0.1) is 11.8 Å². The summed E-state index contributed by atoms with van der Waals surface area (Å²) in [7, 11) is 0. The lowest BCUT2D eigenvalue weighted by molar-refractivity contribution is -0.138. The van der Waals surface area contributed by atoms with Crippen LogP contribution in [0.5, 0.6) is 0 Å². The fourth-order valence-electron chi connectivity index (χ4n) is 2.62. The summed E-state index contributed by atoms with van der Waals surface area (Å²) in [5, 5.41) is 8.85. The maximum atomic E-state index is 12.5. The minimum Gasteiger partial charge on any atom is -0.481 e. The molecular formula is C14H26N2O3. The number of nitrogens with zero attached hydrogens (tertiary/aromatic N) is 2. The lowest BCUT2D eigenvalue weighted by atomic mass is 9.89. The van der Waals surface area contributed by atoms with E-state index in [-0.39, 0.29) is 18.5 Å². The number of aliphatic carboxylic acids is 1. The summed E-state index contributed by atoms with van der Waals surface area (Å²) in [6.07, 6.45) is 1.02. The van der Waals surface area contributed by atoms with E-state index in [0.717, 1.165) is 19.5 Å². The van der Waals surface area contributed by atoms with Crippen LogP contribution in [0.1, 0.15) is 40.5 Å². The normalized spacial score (nSPS) is 24.9. The molecule has 1 N–H and O–H groups in total. The molecule has 0 spiro atoms. The van der Waals surface area contributed by atoms with Crippen LogP contribution >= 0.6 is 0 Å². The molecule has 110 valence electrons. The lowest BCUT2D eigenvalue weighted by Crippen LogP contribution is -2.51. The SMILES string of the molecule is CCN(C(=O)N1CCC(C)C(C)C1)C(C)CC(=O)O. The highest BCUT2D eigenvalue weighted by Gasteiger charge is 2.30. The maximum Gasteiger partial charge on any atom is 0.320 e. The van der Waals surface area contributed by atoms with Crippen LogP contribution in [-0.2, 0) is 4.79 Å². The van der Waals surface area contributed by atoms with E-state index < -0.39 is 5.97 Å². The van der Waals surface area contributed by atoms with E-state index in [9.17, 15) is 9.59 Å². The predicted octanol–water partition coefficient (Wildman–Crippen LogP) is 2.27. The van der Waals surface area contributed by atoms with Crippen LogP contribution in [-0.4, -0.2) is 52.6 Å². The lowest BCUT2D eigenvalue weighted by Gasteiger charge is -2.39. The summed E-state index contributed by atoms with van der Waals surface area (Å²) in [5.74, 6) is 0.293. The topological polar surface area (TPSA) is 60.9 Å². The minimum absolute atomic E-state index is 0.000619. The largest absolute Gasteiger partial charge is 0.481 e. The highest BCUT2D eigenvalue weighted by Crippen LogP contribution is 2.23. The summed E-state index contributed by atoms with van der Waals surface area (Å²) < 4.78 is 0. The zero-order valence-corrected chi connectivity index (χ0v) is 12.4. The molecule has 0 aromatic rings. The number of carboxylic acids is 1. The van der Waals surface area contributed by atoms with E-state index in [1.54, 1.807) is 11.8 Å². The van der Waals surface area contributed by atoms with Gasteiger partial charge in [-0.25, -0.2) is 4.79 Å². The second-order valence-electron chi connectivity index (χ2n) is 5.70. The molecule has 0 aromatic carbocycles. The summed E-state index contributed by atoms with van der Waals surface area (Å²) in [6, 6.07) is -0.278. The number of likely N-dealkylation sites (tertiary alicyclic amines) is 1. The first-order valence-corrected chi connectivity index (χ1v) is 7.14. The molecule has 1 heterocycles. The molecule has 0 aromatic heterocycles. The van der Waals surface area contributed by atoms with Crippen LogP contribution < -0.4 is 0 Å². The number of hydrogen-bond donors (Lipinski definition) is 1. The molecule has 1 fully saturated rings. The third kappa shape index (κ3) is 4.11. The van der Waals surface area contributed by atoms with Crippen molar-refractivity contribution in [1.82, 2.24) is 9.80 Å². The van der Waals surface area contributed by atoms with Gasteiger partial charge in [-0.15, -0.1) is 0 Å². The fraction of sp³-hybridized carbons (Fsp3) is 0.857. The van der Waals surface area contributed by atoms with Gasteiger partial charge in [0.25, 0.3) is 0 Å². The van der Waals surface area contributed by atoms with E-state index in [1.165, 1.54) is 0 Å². The number of rotatable bonds is 4. The Morgan fingerprint density at radius 3 is 2.47 bits per heavy atom. The molecule has 0 bridgehead atoms. The van der Waals surface area contributed by atoms with Crippen LogP contribution in [0.2, 0.25) is 0 Å². The highest BCUT2D eigenvalue weighted by atomic mass is 16.4. The van der Waals surface area contributed by atoms with Gasteiger partial charge < -0.3 is 14.9 Å². The Balaban J connectivity index is 2.65. The zero-order valence-electron chi connectivity index (χ0n) is 12.4. The van der Waals surface area contributed by atoms with Gasteiger partial charge in [-0.05, 0) is 32.1 Å². The molecule has 3 atom stereocenters. The van der Waals surface area contributed by atoms with Crippen LogP contribution in [0.25, 0.3) is 0 Å². The van der Waals surface area contributed by atoms with Gasteiger partial charge in [0.1, 0.15) is 0 Å². The summed E-state index contributed by atoms with van der Waals surface area (Å²) in [4.78, 5) is 26.8. The molecule has 3 unspecified atom stereocenters. The van der Waals surface area contributed by atoms with Crippen LogP contribution in [0.15, 0.2) is 0 Å². The van der Waals surface area contributed by atoms with Gasteiger partial charge in [-0.3, -0.25) is 4.79 Å². The molecule has 5 nitrogen and oxygen atoms in total. The molecule has 5 heteroatoms. The molecule has 0 radical (unpaired) electrons. The van der Waals surface area contributed by atoms with Crippen molar-refractivity contribution in [1.29, 1.82) is 0 Å². The first-order valence-electron chi connectivity index (χ1n) is 7.14. The quantitative estimate of drug-likeness (QED) is 0.852. The number of carboxylic acid groups (broad SMARTS) is 1. The average Bonchev–Trinajstić information content (AvgIpc) is 2.32. The van der Waals surface area contributed by atoms with E-state index in [4.69, 9.17) is 5.11 Å². The average molecular weight is 270 g/mol. The van der Waals surface area contributed by atoms with Crippen molar-refractivity contribution in [3.63, 3.8) is 0 Å². The van der Waals surface area contributed by atoms with Gasteiger partial charge in [0.15, 0.2) is 0 Å². The fourth-order valence-corrected chi connectivity index (χ4v) is 2.62. The van der Waals surface area contributed by atoms with Crippen molar-refractivity contribution in [3.8, 4) is 0 Å². The van der Waals surface area contributed by atoms with E-state index in [1.807, 2.05) is 11.8 Å². The molecule has 2 amide bonds. The summed E-state index contributed by atoms with van der Waals surface area (Å²) in [6.45, 7) is 10.2. The Labute approximate surface area is 115 Å². The van der Waals surface area contributed by atoms with E-state index >= 15 is 0 Å². The van der Waals surface area contributed by atoms with E-state index in [0.29, 0.717) is 18.4 Å². The third-order valence-corrected chi connectivity index (χ3v) is 4.19. The van der Waals surface area contributed by atoms with Gasteiger partial charge in [0, 0.05) is 25.7 Å². The van der Waals surface area contributed by atoms with Crippen molar-refractivity contribution >= 4 is 12.0 Å². The van der Waals surface area contributed by atoms with Crippen molar-refractivity contribution in [2.75, 3.05) is 19.6 Å². The van der Waals surface area contributed by atoms with Crippen molar-refractivity contribution in [2.24, 2.45) is 11.8 Å². The number of amides is 2. The molecule has 1 aliphatic heterocycles. The minimum atomic E-state index is -0.862. The molecule has 0 aliphatic carbocycles. The molecule has 1 aliphatic rings. The first-order chi connectivity index (χ1) is 8.86. The Morgan fingerprint density at radius 2 is 2.00 bits per heavy atom. The Hall–Kier alpha value is -1.26. The van der Waals surface area contributed by atoms with Gasteiger partial charge in [0.2, 0.25) is 0 Å². The standard InChI is InChI=1S/C14H26N2O3/c1-5-16(12(4)8-13(17)18)14(19)15-7-6-10(2)11(3)9-15/h10-12H,5-9H2,1-4H3,(H,17,18). The highest BCUT2D eigenvalue weighted by molar-refractivity contribution is 5.76. The van der Waals surface area contributed by atoms with E-state index in [2.05, 4.69) is 13.8 Å². The Kier molecular flexibility index (Phi) is 5.63. The number of carbonyl (C=O) groups is 2. The van der Waals surface area contributed by atoms with Crippen molar-refractivity contribution < 1.29 is 14.7 Å². The van der Waals surface area contributed by atoms with Crippen LogP contribution in [0.3, 0.4) is 0 Å². The Bertz CT molecular complexity index is 333. The predicted molar refractivity (Wildman–Crippen MR) is 74.0 cm³/mol. The van der Waals surface area contributed by atoms with Gasteiger partial charge in [-0.1, -0.05) is 13.8 Å².